The van der Waals surface area contributed by atoms with Gasteiger partial charge in [0.1, 0.15) is 0 Å². The standard InChI is InChI=1S/C10H22N4OS/c1-8(6-15-2)13-10(14-11)12-5-9-3-4-16-7-9/h8-9H,3-7,11H2,1-2H3,(H2,12,13,14). The van der Waals surface area contributed by atoms with Gasteiger partial charge in [-0.1, -0.05) is 0 Å². The van der Waals surface area contributed by atoms with Gasteiger partial charge >= 0.3 is 0 Å². The molecular formula is C10H22N4OS. The van der Waals surface area contributed by atoms with E-state index in [-0.39, 0.29) is 6.04 Å². The first kappa shape index (κ1) is 13.6. The summed E-state index contributed by atoms with van der Waals surface area (Å²) in [4.78, 5) is 4.45. The van der Waals surface area contributed by atoms with Crippen LogP contribution in [0.2, 0.25) is 0 Å². The third-order valence-electron chi connectivity index (χ3n) is 2.47. The van der Waals surface area contributed by atoms with Gasteiger partial charge < -0.3 is 10.1 Å². The highest BCUT2D eigenvalue weighted by Gasteiger charge is 2.15. The molecule has 1 heterocycles. The van der Waals surface area contributed by atoms with Crippen molar-refractivity contribution in [1.82, 2.24) is 10.7 Å². The lowest BCUT2D eigenvalue weighted by molar-refractivity contribution is 0.179. The number of nitrogens with zero attached hydrogens (tertiary/aromatic N) is 1. The first-order valence-corrected chi connectivity index (χ1v) is 6.76. The summed E-state index contributed by atoms with van der Waals surface area (Å²) in [6.07, 6.45) is 1.26. The molecule has 0 amide bonds. The minimum absolute atomic E-state index is 0.206. The fourth-order valence-electron chi connectivity index (χ4n) is 1.61. The van der Waals surface area contributed by atoms with Crippen LogP contribution in [0.5, 0.6) is 0 Å². The lowest BCUT2D eigenvalue weighted by Gasteiger charge is -2.16. The lowest BCUT2D eigenvalue weighted by atomic mass is 10.1. The van der Waals surface area contributed by atoms with E-state index in [0.717, 1.165) is 6.54 Å². The highest BCUT2D eigenvalue weighted by Crippen LogP contribution is 2.23. The van der Waals surface area contributed by atoms with E-state index in [4.69, 9.17) is 10.6 Å². The summed E-state index contributed by atoms with van der Waals surface area (Å²) in [7, 11) is 1.68. The Kier molecular flexibility index (Phi) is 6.59. The molecule has 1 rings (SSSR count). The summed E-state index contributed by atoms with van der Waals surface area (Å²) in [5, 5.41) is 3.17. The zero-order chi connectivity index (χ0) is 11.8. The molecule has 0 aromatic rings. The van der Waals surface area contributed by atoms with Gasteiger partial charge in [-0.05, 0) is 30.8 Å². The van der Waals surface area contributed by atoms with E-state index in [0.29, 0.717) is 18.5 Å². The average molecular weight is 246 g/mol. The van der Waals surface area contributed by atoms with E-state index >= 15 is 0 Å². The van der Waals surface area contributed by atoms with Gasteiger partial charge in [0.05, 0.1) is 6.61 Å². The first-order chi connectivity index (χ1) is 7.76. The largest absolute Gasteiger partial charge is 0.383 e. The molecule has 0 saturated carbocycles. The molecule has 2 unspecified atom stereocenters. The molecule has 0 radical (unpaired) electrons. The Bertz CT molecular complexity index is 219. The minimum atomic E-state index is 0.206. The number of ether oxygens (including phenoxy) is 1. The maximum absolute atomic E-state index is 5.41. The van der Waals surface area contributed by atoms with E-state index in [9.17, 15) is 0 Å². The van der Waals surface area contributed by atoms with Gasteiger partial charge in [-0.15, -0.1) is 0 Å². The zero-order valence-corrected chi connectivity index (χ0v) is 10.8. The average Bonchev–Trinajstić information content (AvgIpc) is 2.77. The normalized spacial score (nSPS) is 23.2. The maximum atomic E-state index is 5.41. The van der Waals surface area contributed by atoms with Gasteiger partial charge in [-0.3, -0.25) is 10.4 Å². The molecule has 0 aliphatic carbocycles. The molecule has 4 N–H and O–H groups in total. The number of aliphatic imine (C=N–C) groups is 1. The van der Waals surface area contributed by atoms with Gasteiger partial charge in [0, 0.05) is 19.7 Å². The number of thioether (sulfide) groups is 1. The molecule has 0 aromatic carbocycles. The van der Waals surface area contributed by atoms with Crippen molar-refractivity contribution in [2.45, 2.75) is 19.4 Å². The Balaban J connectivity index is 2.30. The molecule has 0 bridgehead atoms. The van der Waals surface area contributed by atoms with E-state index < -0.39 is 0 Å². The summed E-state index contributed by atoms with van der Waals surface area (Å²) in [5.74, 6) is 9.25. The SMILES string of the molecule is COCC(C)NC(=NCC1CCSC1)NN. The number of guanidine groups is 1. The van der Waals surface area contributed by atoms with E-state index in [1.165, 1.54) is 17.9 Å². The number of hydrogen-bond donors (Lipinski definition) is 3. The van der Waals surface area contributed by atoms with Crippen LogP contribution in [0.15, 0.2) is 4.99 Å². The van der Waals surface area contributed by atoms with Crippen molar-refractivity contribution < 1.29 is 4.74 Å². The number of methoxy groups -OCH3 is 1. The van der Waals surface area contributed by atoms with E-state index in [1.54, 1.807) is 7.11 Å². The topological polar surface area (TPSA) is 71.7 Å². The van der Waals surface area contributed by atoms with Crippen LogP contribution in [0.1, 0.15) is 13.3 Å². The molecule has 0 aromatic heterocycles. The number of nitrogens with one attached hydrogen (secondary N) is 2. The molecular weight excluding hydrogens is 224 g/mol. The number of rotatable bonds is 5. The quantitative estimate of drug-likeness (QED) is 0.279. The molecule has 1 fully saturated rings. The fraction of sp³-hybridized carbons (Fsp3) is 0.900. The predicted molar refractivity (Wildman–Crippen MR) is 69.5 cm³/mol. The van der Waals surface area contributed by atoms with Crippen molar-refractivity contribution in [3.8, 4) is 0 Å². The zero-order valence-electron chi connectivity index (χ0n) is 10.0. The van der Waals surface area contributed by atoms with Crippen molar-refractivity contribution in [2.24, 2.45) is 16.8 Å². The number of hydrogen-bond acceptors (Lipinski definition) is 4. The van der Waals surface area contributed by atoms with Crippen LogP contribution in [0.4, 0.5) is 0 Å². The number of nitrogens with two attached hydrogens (primary N) is 1. The van der Waals surface area contributed by atoms with Crippen molar-refractivity contribution in [2.75, 3.05) is 31.8 Å². The fourth-order valence-corrected chi connectivity index (χ4v) is 2.88. The van der Waals surface area contributed by atoms with Crippen LogP contribution >= 0.6 is 11.8 Å². The molecule has 1 aliphatic rings. The Labute approximate surface area is 102 Å². The highest BCUT2D eigenvalue weighted by molar-refractivity contribution is 7.99. The van der Waals surface area contributed by atoms with Crippen LogP contribution in [0.25, 0.3) is 0 Å². The molecule has 16 heavy (non-hydrogen) atoms. The molecule has 6 heteroatoms. The minimum Gasteiger partial charge on any atom is -0.383 e. The van der Waals surface area contributed by atoms with Crippen molar-refractivity contribution in [3.05, 3.63) is 0 Å². The van der Waals surface area contributed by atoms with E-state index in [1.807, 2.05) is 18.7 Å². The molecule has 2 atom stereocenters. The van der Waals surface area contributed by atoms with Crippen molar-refractivity contribution in [1.29, 1.82) is 0 Å². The van der Waals surface area contributed by atoms with Crippen LogP contribution in [-0.4, -0.2) is 43.8 Å². The third kappa shape index (κ3) is 5.05. The predicted octanol–water partition coefficient (Wildman–Crippen LogP) is 0.183. The lowest BCUT2D eigenvalue weighted by Crippen LogP contribution is -2.47. The van der Waals surface area contributed by atoms with Crippen molar-refractivity contribution >= 4 is 17.7 Å². The summed E-state index contributed by atoms with van der Waals surface area (Å²) < 4.78 is 5.04. The summed E-state index contributed by atoms with van der Waals surface area (Å²) in [6, 6.07) is 0.206. The first-order valence-electron chi connectivity index (χ1n) is 5.60. The van der Waals surface area contributed by atoms with Crippen LogP contribution in [0, 0.1) is 5.92 Å². The Morgan fingerprint density at radius 2 is 2.50 bits per heavy atom. The van der Waals surface area contributed by atoms with Gasteiger partial charge in [-0.25, -0.2) is 5.84 Å². The second-order valence-electron chi connectivity index (χ2n) is 4.06. The summed E-state index contributed by atoms with van der Waals surface area (Å²) in [5.41, 5.74) is 2.59. The second-order valence-corrected chi connectivity index (χ2v) is 5.21. The Morgan fingerprint density at radius 1 is 1.69 bits per heavy atom. The molecule has 5 nitrogen and oxygen atoms in total. The van der Waals surface area contributed by atoms with E-state index in [2.05, 4.69) is 15.7 Å². The van der Waals surface area contributed by atoms with Crippen LogP contribution in [0.3, 0.4) is 0 Å². The monoisotopic (exact) mass is 246 g/mol. The highest BCUT2D eigenvalue weighted by atomic mass is 32.2. The summed E-state index contributed by atoms with van der Waals surface area (Å²) >= 11 is 2.00. The molecule has 94 valence electrons. The third-order valence-corrected chi connectivity index (χ3v) is 3.70. The second kappa shape index (κ2) is 7.76. The van der Waals surface area contributed by atoms with Crippen LogP contribution in [-0.2, 0) is 4.74 Å². The molecule has 1 saturated heterocycles. The Morgan fingerprint density at radius 3 is 3.06 bits per heavy atom. The van der Waals surface area contributed by atoms with Crippen LogP contribution < -0.4 is 16.6 Å². The Hall–Kier alpha value is -0.460. The van der Waals surface area contributed by atoms with Gasteiger partial charge in [0.2, 0.25) is 5.96 Å². The molecule has 0 spiro atoms. The van der Waals surface area contributed by atoms with Gasteiger partial charge in [0.15, 0.2) is 0 Å². The smallest absolute Gasteiger partial charge is 0.206 e. The van der Waals surface area contributed by atoms with Gasteiger partial charge in [0.25, 0.3) is 0 Å². The maximum Gasteiger partial charge on any atom is 0.206 e. The summed E-state index contributed by atoms with van der Waals surface area (Å²) in [6.45, 7) is 3.51. The number of hydrazine groups is 1. The van der Waals surface area contributed by atoms with Gasteiger partial charge in [-0.2, -0.15) is 11.8 Å². The van der Waals surface area contributed by atoms with Crippen molar-refractivity contribution in [3.63, 3.8) is 0 Å². The molecule has 1 aliphatic heterocycles.